The van der Waals surface area contributed by atoms with Crippen LogP contribution in [0.25, 0.3) is 0 Å². The fourth-order valence-electron chi connectivity index (χ4n) is 1.65. The maximum atomic E-state index is 10.8. The normalized spacial score (nSPS) is 30.0. The van der Waals surface area contributed by atoms with Gasteiger partial charge in [-0.05, 0) is 30.8 Å². The average Bonchev–Trinajstić information content (AvgIpc) is 1.96. The Morgan fingerprint density at radius 3 is 2.67 bits per heavy atom. The topological polar surface area (TPSA) is 17.1 Å². The van der Waals surface area contributed by atoms with Crippen LogP contribution < -0.4 is 0 Å². The smallest absolute Gasteiger partial charge is 0.152 e. The molecule has 0 N–H and O–H groups in total. The second-order valence-electron chi connectivity index (χ2n) is 4.06. The molecular formula is C10H15ClO. The molecule has 1 aliphatic carbocycles. The molecule has 1 unspecified atom stereocenters. The summed E-state index contributed by atoms with van der Waals surface area (Å²) in [6.45, 7) is 5.90. The van der Waals surface area contributed by atoms with Crippen molar-refractivity contribution in [3.63, 3.8) is 0 Å². The van der Waals surface area contributed by atoms with E-state index in [1.807, 2.05) is 0 Å². The van der Waals surface area contributed by atoms with Crippen LogP contribution in [0.5, 0.6) is 0 Å². The molecular weight excluding hydrogens is 172 g/mol. The molecule has 2 heteroatoms. The van der Waals surface area contributed by atoms with Crippen molar-refractivity contribution in [1.82, 2.24) is 0 Å². The summed E-state index contributed by atoms with van der Waals surface area (Å²) >= 11 is 5.78. The van der Waals surface area contributed by atoms with Gasteiger partial charge in [0.1, 0.15) is 0 Å². The monoisotopic (exact) mass is 186 g/mol. The predicted octanol–water partition coefficient (Wildman–Crippen LogP) is 2.79. The molecule has 0 saturated heterocycles. The zero-order chi connectivity index (χ0) is 9.35. The van der Waals surface area contributed by atoms with Crippen LogP contribution in [0.3, 0.4) is 0 Å². The molecule has 12 heavy (non-hydrogen) atoms. The van der Waals surface area contributed by atoms with E-state index in [2.05, 4.69) is 13.8 Å². The molecule has 1 aliphatic rings. The molecule has 0 bridgehead atoms. The van der Waals surface area contributed by atoms with Crippen LogP contribution in [0, 0.1) is 11.3 Å². The summed E-state index contributed by atoms with van der Waals surface area (Å²) in [7, 11) is 0. The maximum Gasteiger partial charge on any atom is 0.152 e. The zero-order valence-electron chi connectivity index (χ0n) is 7.86. The van der Waals surface area contributed by atoms with Crippen molar-refractivity contribution >= 4 is 17.4 Å². The van der Waals surface area contributed by atoms with Gasteiger partial charge in [-0.15, -0.1) is 11.6 Å². The minimum atomic E-state index is 0.145. The lowest BCUT2D eigenvalue weighted by atomic mass is 9.59. The highest BCUT2D eigenvalue weighted by molar-refractivity contribution is 6.18. The highest BCUT2D eigenvalue weighted by Gasteiger charge is 2.42. The van der Waals surface area contributed by atoms with Crippen LogP contribution in [-0.4, -0.2) is 11.7 Å². The van der Waals surface area contributed by atoms with Crippen molar-refractivity contribution in [2.75, 3.05) is 5.88 Å². The van der Waals surface area contributed by atoms with Gasteiger partial charge in [0.2, 0.25) is 0 Å². The number of halogens is 1. The second-order valence-corrected chi connectivity index (χ2v) is 4.37. The SMILES string of the molecule is CC(=O)C=C1CC(CCl)C1(C)C. The van der Waals surface area contributed by atoms with Crippen molar-refractivity contribution in [1.29, 1.82) is 0 Å². The number of alkyl halides is 1. The van der Waals surface area contributed by atoms with Crippen LogP contribution in [-0.2, 0) is 4.79 Å². The molecule has 0 aromatic heterocycles. The predicted molar refractivity (Wildman–Crippen MR) is 51.4 cm³/mol. The summed E-state index contributed by atoms with van der Waals surface area (Å²) in [5, 5.41) is 0. The number of hydrogen-bond donors (Lipinski definition) is 0. The summed E-state index contributed by atoms with van der Waals surface area (Å²) in [4.78, 5) is 10.8. The van der Waals surface area contributed by atoms with Gasteiger partial charge in [0.05, 0.1) is 0 Å². The van der Waals surface area contributed by atoms with Gasteiger partial charge in [-0.2, -0.15) is 0 Å². The Kier molecular flexibility index (Phi) is 2.62. The summed E-state index contributed by atoms with van der Waals surface area (Å²) in [5.41, 5.74) is 1.40. The van der Waals surface area contributed by atoms with Gasteiger partial charge < -0.3 is 0 Å². The van der Waals surface area contributed by atoms with E-state index in [1.165, 1.54) is 5.57 Å². The highest BCUT2D eigenvalue weighted by Crippen LogP contribution is 2.51. The Balaban J connectivity index is 2.71. The molecule has 1 fully saturated rings. The zero-order valence-corrected chi connectivity index (χ0v) is 8.61. The van der Waals surface area contributed by atoms with Crippen LogP contribution >= 0.6 is 11.6 Å². The van der Waals surface area contributed by atoms with Crippen LogP contribution in [0.1, 0.15) is 27.2 Å². The quantitative estimate of drug-likeness (QED) is 0.479. The van der Waals surface area contributed by atoms with Crippen molar-refractivity contribution < 1.29 is 4.79 Å². The third kappa shape index (κ3) is 1.56. The summed E-state index contributed by atoms with van der Waals surface area (Å²) in [6, 6.07) is 0. The number of ketones is 1. The number of carbonyl (C=O) groups excluding carboxylic acids is 1. The Hall–Kier alpha value is -0.300. The molecule has 0 aromatic rings. The summed E-state index contributed by atoms with van der Waals surface area (Å²) in [5.74, 6) is 1.39. The van der Waals surface area contributed by atoms with Crippen LogP contribution in [0.2, 0.25) is 0 Å². The van der Waals surface area contributed by atoms with Crippen molar-refractivity contribution in [2.45, 2.75) is 27.2 Å². The Morgan fingerprint density at radius 1 is 1.75 bits per heavy atom. The van der Waals surface area contributed by atoms with Gasteiger partial charge in [0.25, 0.3) is 0 Å². The van der Waals surface area contributed by atoms with Crippen molar-refractivity contribution in [3.05, 3.63) is 11.6 Å². The minimum absolute atomic E-state index is 0.145. The standard InChI is InChI=1S/C10H15ClO/c1-7(12)4-8-5-9(6-11)10(8,2)3/h4,9H,5-6H2,1-3H3. The molecule has 1 rings (SSSR count). The van der Waals surface area contributed by atoms with Crippen molar-refractivity contribution in [2.24, 2.45) is 11.3 Å². The van der Waals surface area contributed by atoms with Gasteiger partial charge in [-0.3, -0.25) is 4.79 Å². The Morgan fingerprint density at radius 2 is 2.33 bits per heavy atom. The fourth-order valence-corrected chi connectivity index (χ4v) is 2.15. The van der Waals surface area contributed by atoms with Gasteiger partial charge in [-0.1, -0.05) is 19.4 Å². The molecule has 0 aromatic carbocycles. The van der Waals surface area contributed by atoms with E-state index in [0.717, 1.165) is 6.42 Å². The van der Waals surface area contributed by atoms with E-state index in [1.54, 1.807) is 13.0 Å². The van der Waals surface area contributed by atoms with E-state index in [0.29, 0.717) is 11.8 Å². The molecule has 1 nitrogen and oxygen atoms in total. The third-order valence-corrected chi connectivity index (χ3v) is 3.25. The second kappa shape index (κ2) is 3.21. The van der Waals surface area contributed by atoms with E-state index in [9.17, 15) is 4.79 Å². The first-order chi connectivity index (χ1) is 5.48. The van der Waals surface area contributed by atoms with Crippen LogP contribution in [0.15, 0.2) is 11.6 Å². The van der Waals surface area contributed by atoms with E-state index >= 15 is 0 Å². The Bertz CT molecular complexity index is 228. The van der Waals surface area contributed by atoms with E-state index in [-0.39, 0.29) is 11.2 Å². The average molecular weight is 187 g/mol. The maximum absolute atomic E-state index is 10.8. The molecule has 0 spiro atoms. The fraction of sp³-hybridized carbons (Fsp3) is 0.700. The lowest BCUT2D eigenvalue weighted by Gasteiger charge is -2.46. The lowest BCUT2D eigenvalue weighted by Crippen LogP contribution is -2.39. The lowest BCUT2D eigenvalue weighted by molar-refractivity contribution is -0.112. The molecule has 1 atom stereocenters. The first-order valence-corrected chi connectivity index (χ1v) is 4.79. The Labute approximate surface area is 78.8 Å². The molecule has 0 aliphatic heterocycles. The number of hydrogen-bond acceptors (Lipinski definition) is 1. The number of carbonyl (C=O) groups is 1. The van der Waals surface area contributed by atoms with E-state index in [4.69, 9.17) is 11.6 Å². The summed E-state index contributed by atoms with van der Waals surface area (Å²) < 4.78 is 0. The van der Waals surface area contributed by atoms with Gasteiger partial charge in [0.15, 0.2) is 5.78 Å². The van der Waals surface area contributed by atoms with Gasteiger partial charge in [-0.25, -0.2) is 0 Å². The minimum Gasteiger partial charge on any atom is -0.295 e. The number of rotatable bonds is 2. The first kappa shape index (κ1) is 9.79. The molecule has 0 amide bonds. The molecule has 68 valence electrons. The molecule has 0 heterocycles. The highest BCUT2D eigenvalue weighted by atomic mass is 35.5. The van der Waals surface area contributed by atoms with Gasteiger partial charge >= 0.3 is 0 Å². The van der Waals surface area contributed by atoms with Crippen LogP contribution in [0.4, 0.5) is 0 Å². The van der Waals surface area contributed by atoms with Gasteiger partial charge in [0, 0.05) is 5.88 Å². The molecule has 0 radical (unpaired) electrons. The first-order valence-electron chi connectivity index (χ1n) is 4.26. The third-order valence-electron chi connectivity index (χ3n) is 2.88. The number of allylic oxidation sites excluding steroid dienone is 2. The largest absolute Gasteiger partial charge is 0.295 e. The summed E-state index contributed by atoms with van der Waals surface area (Å²) in [6.07, 6.45) is 2.75. The van der Waals surface area contributed by atoms with Crippen molar-refractivity contribution in [3.8, 4) is 0 Å². The molecule has 1 saturated carbocycles. The van der Waals surface area contributed by atoms with E-state index < -0.39 is 0 Å².